The van der Waals surface area contributed by atoms with E-state index in [4.69, 9.17) is 5.84 Å². The van der Waals surface area contributed by atoms with Crippen molar-refractivity contribution in [1.29, 1.82) is 0 Å². The van der Waals surface area contributed by atoms with Gasteiger partial charge in [0.15, 0.2) is 0 Å². The number of hydrogen-bond acceptors (Lipinski definition) is 4. The SMILES string of the molecule is CCCn1nccc1C(NN)C(C)(C)N(C)C. The normalized spacial score (nSPS) is 14.3. The fraction of sp³-hybridized carbons (Fsp3) is 0.750. The van der Waals surface area contributed by atoms with Gasteiger partial charge in [0.05, 0.1) is 11.7 Å². The fourth-order valence-electron chi connectivity index (χ4n) is 1.90. The Morgan fingerprint density at radius 3 is 2.65 bits per heavy atom. The number of rotatable bonds is 6. The van der Waals surface area contributed by atoms with Gasteiger partial charge in [-0.05, 0) is 40.4 Å². The summed E-state index contributed by atoms with van der Waals surface area (Å²) in [5.41, 5.74) is 3.97. The highest BCUT2D eigenvalue weighted by Gasteiger charge is 2.34. The molecule has 0 radical (unpaired) electrons. The van der Waals surface area contributed by atoms with Gasteiger partial charge in [0.2, 0.25) is 0 Å². The monoisotopic (exact) mass is 239 g/mol. The molecule has 0 amide bonds. The van der Waals surface area contributed by atoms with Crippen LogP contribution in [0.2, 0.25) is 0 Å². The van der Waals surface area contributed by atoms with Gasteiger partial charge in [-0.15, -0.1) is 0 Å². The molecule has 1 aromatic rings. The van der Waals surface area contributed by atoms with Gasteiger partial charge >= 0.3 is 0 Å². The Kier molecular flexibility index (Phi) is 4.68. The average Bonchev–Trinajstić information content (AvgIpc) is 2.67. The van der Waals surface area contributed by atoms with Crippen LogP contribution in [0.25, 0.3) is 0 Å². The summed E-state index contributed by atoms with van der Waals surface area (Å²) in [5, 5.41) is 4.35. The van der Waals surface area contributed by atoms with Crippen molar-refractivity contribution < 1.29 is 0 Å². The smallest absolute Gasteiger partial charge is 0.0806 e. The number of hydrazine groups is 1. The Morgan fingerprint density at radius 1 is 1.53 bits per heavy atom. The summed E-state index contributed by atoms with van der Waals surface area (Å²) in [6.07, 6.45) is 2.90. The number of likely N-dealkylation sites (N-methyl/N-ethyl adjacent to an activating group) is 1. The van der Waals surface area contributed by atoms with Crippen LogP contribution in [0.15, 0.2) is 12.3 Å². The van der Waals surface area contributed by atoms with Gasteiger partial charge in [0.1, 0.15) is 0 Å². The van der Waals surface area contributed by atoms with Crippen molar-refractivity contribution in [2.45, 2.75) is 45.3 Å². The third-order valence-corrected chi connectivity index (χ3v) is 3.51. The number of nitrogens with zero attached hydrogens (tertiary/aromatic N) is 3. The van der Waals surface area contributed by atoms with Crippen molar-refractivity contribution in [1.82, 2.24) is 20.1 Å². The lowest BCUT2D eigenvalue weighted by Crippen LogP contribution is -2.51. The summed E-state index contributed by atoms with van der Waals surface area (Å²) in [6, 6.07) is 2.08. The fourth-order valence-corrected chi connectivity index (χ4v) is 1.90. The van der Waals surface area contributed by atoms with E-state index < -0.39 is 0 Å². The number of aromatic nitrogens is 2. The third kappa shape index (κ3) is 2.86. The summed E-state index contributed by atoms with van der Waals surface area (Å²) in [5.74, 6) is 5.74. The van der Waals surface area contributed by atoms with Crippen LogP contribution >= 0.6 is 0 Å². The van der Waals surface area contributed by atoms with Crippen molar-refractivity contribution in [2.24, 2.45) is 5.84 Å². The zero-order chi connectivity index (χ0) is 13.1. The van der Waals surface area contributed by atoms with Crippen LogP contribution in [0.3, 0.4) is 0 Å². The topological polar surface area (TPSA) is 59.1 Å². The zero-order valence-corrected chi connectivity index (χ0v) is 11.6. The second-order valence-electron chi connectivity index (χ2n) is 5.13. The Morgan fingerprint density at radius 2 is 2.18 bits per heavy atom. The standard InChI is InChI=1S/C12H25N5/c1-6-9-17-10(7-8-14-17)11(15-13)12(2,3)16(4)5/h7-8,11,15H,6,9,13H2,1-5H3. The van der Waals surface area contributed by atoms with Crippen LogP contribution in [0.4, 0.5) is 0 Å². The first-order valence-electron chi connectivity index (χ1n) is 6.10. The molecular formula is C12H25N5. The number of nitrogens with one attached hydrogen (secondary N) is 1. The Hall–Kier alpha value is -0.910. The minimum atomic E-state index is -0.0831. The number of aryl methyl sites for hydroxylation is 1. The quantitative estimate of drug-likeness (QED) is 0.577. The molecule has 98 valence electrons. The molecule has 0 aliphatic carbocycles. The first-order valence-corrected chi connectivity index (χ1v) is 6.10. The molecule has 17 heavy (non-hydrogen) atoms. The first-order chi connectivity index (χ1) is 7.95. The maximum atomic E-state index is 5.74. The minimum Gasteiger partial charge on any atom is -0.302 e. The maximum Gasteiger partial charge on any atom is 0.0806 e. The van der Waals surface area contributed by atoms with Crippen LogP contribution in [-0.2, 0) is 6.54 Å². The molecule has 1 unspecified atom stereocenters. The van der Waals surface area contributed by atoms with Crippen LogP contribution in [0, 0.1) is 0 Å². The van der Waals surface area contributed by atoms with Gasteiger partial charge in [-0.1, -0.05) is 6.92 Å². The molecule has 1 atom stereocenters. The second-order valence-corrected chi connectivity index (χ2v) is 5.13. The van der Waals surface area contributed by atoms with Gasteiger partial charge < -0.3 is 4.90 Å². The van der Waals surface area contributed by atoms with Gasteiger partial charge in [-0.3, -0.25) is 10.5 Å². The Bertz CT molecular complexity index is 342. The molecule has 1 rings (SSSR count). The Labute approximate surface area is 104 Å². The maximum absolute atomic E-state index is 5.74. The van der Waals surface area contributed by atoms with Crippen molar-refractivity contribution in [2.75, 3.05) is 14.1 Å². The second kappa shape index (κ2) is 5.62. The van der Waals surface area contributed by atoms with Crippen LogP contribution < -0.4 is 11.3 Å². The molecule has 0 bridgehead atoms. The summed E-state index contributed by atoms with van der Waals surface area (Å²) >= 11 is 0. The lowest BCUT2D eigenvalue weighted by molar-refractivity contribution is 0.133. The van der Waals surface area contributed by atoms with E-state index >= 15 is 0 Å². The minimum absolute atomic E-state index is 0.0477. The molecule has 5 heteroatoms. The predicted molar refractivity (Wildman–Crippen MR) is 70.3 cm³/mol. The zero-order valence-electron chi connectivity index (χ0n) is 11.6. The highest BCUT2D eigenvalue weighted by molar-refractivity contribution is 5.13. The highest BCUT2D eigenvalue weighted by atomic mass is 15.3. The number of nitrogens with two attached hydrogens (primary N) is 1. The Balaban J connectivity index is 3.05. The number of hydrogen-bond donors (Lipinski definition) is 2. The molecule has 0 aliphatic heterocycles. The van der Waals surface area contributed by atoms with E-state index in [2.05, 4.69) is 50.3 Å². The highest BCUT2D eigenvalue weighted by Crippen LogP contribution is 2.28. The van der Waals surface area contributed by atoms with Crippen molar-refractivity contribution >= 4 is 0 Å². The van der Waals surface area contributed by atoms with E-state index in [-0.39, 0.29) is 11.6 Å². The largest absolute Gasteiger partial charge is 0.302 e. The first kappa shape index (κ1) is 14.2. The molecule has 0 spiro atoms. The molecule has 1 aromatic heterocycles. The van der Waals surface area contributed by atoms with Crippen molar-refractivity contribution in [3.8, 4) is 0 Å². The van der Waals surface area contributed by atoms with Crippen LogP contribution in [-0.4, -0.2) is 34.3 Å². The van der Waals surface area contributed by atoms with Gasteiger partial charge in [0.25, 0.3) is 0 Å². The molecule has 0 aromatic carbocycles. The van der Waals surface area contributed by atoms with Gasteiger partial charge in [-0.2, -0.15) is 5.10 Å². The lowest BCUT2D eigenvalue weighted by atomic mass is 9.91. The summed E-state index contributed by atoms with van der Waals surface area (Å²) in [7, 11) is 4.12. The van der Waals surface area contributed by atoms with E-state index in [1.165, 1.54) is 0 Å². The van der Waals surface area contributed by atoms with E-state index in [9.17, 15) is 0 Å². The van der Waals surface area contributed by atoms with E-state index in [0.29, 0.717) is 0 Å². The van der Waals surface area contributed by atoms with Crippen LogP contribution in [0.5, 0.6) is 0 Å². The van der Waals surface area contributed by atoms with Crippen molar-refractivity contribution in [3.05, 3.63) is 18.0 Å². The lowest BCUT2D eigenvalue weighted by Gasteiger charge is -2.39. The summed E-state index contributed by atoms with van der Waals surface area (Å²) < 4.78 is 2.02. The van der Waals surface area contributed by atoms with E-state index in [0.717, 1.165) is 18.7 Å². The van der Waals surface area contributed by atoms with Gasteiger partial charge in [-0.25, -0.2) is 5.43 Å². The molecule has 5 nitrogen and oxygen atoms in total. The molecular weight excluding hydrogens is 214 g/mol. The molecule has 0 saturated heterocycles. The average molecular weight is 239 g/mol. The van der Waals surface area contributed by atoms with E-state index in [1.54, 1.807) is 0 Å². The molecule has 0 saturated carbocycles. The molecule has 1 heterocycles. The predicted octanol–water partition coefficient (Wildman–Crippen LogP) is 1.14. The third-order valence-electron chi connectivity index (χ3n) is 3.51. The van der Waals surface area contributed by atoms with E-state index in [1.807, 2.05) is 16.9 Å². The van der Waals surface area contributed by atoms with Crippen molar-refractivity contribution in [3.63, 3.8) is 0 Å². The van der Waals surface area contributed by atoms with Crippen LogP contribution in [0.1, 0.15) is 38.9 Å². The summed E-state index contributed by atoms with van der Waals surface area (Å²) in [6.45, 7) is 7.40. The molecule has 0 fully saturated rings. The molecule has 0 aliphatic rings. The summed E-state index contributed by atoms with van der Waals surface area (Å²) in [4.78, 5) is 2.17. The molecule has 3 N–H and O–H groups in total. The van der Waals surface area contributed by atoms with Gasteiger partial charge in [0, 0.05) is 18.3 Å².